The number of hydrogen-bond donors (Lipinski definition) is 0. The van der Waals surface area contributed by atoms with Gasteiger partial charge in [-0.3, -0.25) is 0 Å². The Morgan fingerprint density at radius 1 is 0.889 bits per heavy atom. The van der Waals surface area contributed by atoms with Gasteiger partial charge in [-0.25, -0.2) is 13.8 Å². The fourth-order valence-corrected chi connectivity index (χ4v) is 3.77. The number of anilines is 1. The van der Waals surface area contributed by atoms with Crippen molar-refractivity contribution in [3.8, 4) is 6.07 Å². The molecule has 0 radical (unpaired) electrons. The Kier molecular flexibility index (Phi) is 4.74. The highest BCUT2D eigenvalue weighted by Crippen LogP contribution is 2.32. The van der Waals surface area contributed by atoms with Crippen LogP contribution >= 0.6 is 0 Å². The molecule has 1 heterocycles. The van der Waals surface area contributed by atoms with Crippen LogP contribution in [-0.4, -0.2) is 18.1 Å². The Morgan fingerprint density at radius 2 is 1.59 bits per heavy atom. The van der Waals surface area contributed by atoms with Gasteiger partial charge in [0.2, 0.25) is 0 Å². The molecule has 1 saturated heterocycles. The average molecular weight is 363 g/mol. The summed E-state index contributed by atoms with van der Waals surface area (Å²) in [5.74, 6) is -1.12. The molecule has 1 fully saturated rings. The summed E-state index contributed by atoms with van der Waals surface area (Å²) in [5, 5.41) is 15.6. The molecule has 0 atom stereocenters. The molecule has 3 aromatic carbocycles. The standard InChI is InChI=1S/C22H19F2N3/c23-18-11-16(12-19(24)13-18)15-26-9-3-4-10-27(26)22-8-7-17(14-25)20-5-1-2-6-21(20)22/h1-2,5-8,11-13H,3-4,9-10,15H2. The molecule has 136 valence electrons. The number of hydrogen-bond acceptors (Lipinski definition) is 3. The molecule has 0 unspecified atom stereocenters. The average Bonchev–Trinajstić information content (AvgIpc) is 2.67. The van der Waals surface area contributed by atoms with Crippen LogP contribution in [0.15, 0.2) is 54.6 Å². The van der Waals surface area contributed by atoms with Crippen molar-refractivity contribution < 1.29 is 8.78 Å². The van der Waals surface area contributed by atoms with Gasteiger partial charge < -0.3 is 5.01 Å². The largest absolute Gasteiger partial charge is 0.305 e. The SMILES string of the molecule is N#Cc1ccc(N2CCCCN2Cc2cc(F)cc(F)c2)c2ccccc12. The van der Waals surface area contributed by atoms with Crippen LogP contribution in [0.3, 0.4) is 0 Å². The van der Waals surface area contributed by atoms with Crippen LogP contribution in [0.25, 0.3) is 10.8 Å². The van der Waals surface area contributed by atoms with Crippen LogP contribution in [0.2, 0.25) is 0 Å². The lowest BCUT2D eigenvalue weighted by molar-refractivity contribution is 0.204. The molecule has 0 aromatic heterocycles. The van der Waals surface area contributed by atoms with Crippen molar-refractivity contribution in [3.63, 3.8) is 0 Å². The second-order valence-corrected chi connectivity index (χ2v) is 6.79. The smallest absolute Gasteiger partial charge is 0.126 e. The molecule has 0 spiro atoms. The number of nitriles is 1. The highest BCUT2D eigenvalue weighted by molar-refractivity contribution is 5.97. The molecule has 0 N–H and O–H groups in total. The van der Waals surface area contributed by atoms with Gasteiger partial charge >= 0.3 is 0 Å². The van der Waals surface area contributed by atoms with Gasteiger partial charge in [0.05, 0.1) is 17.3 Å². The molecular weight excluding hydrogens is 344 g/mol. The van der Waals surface area contributed by atoms with E-state index in [1.54, 1.807) is 0 Å². The first-order chi connectivity index (χ1) is 13.2. The summed E-state index contributed by atoms with van der Waals surface area (Å²) in [5.41, 5.74) is 2.27. The van der Waals surface area contributed by atoms with Crippen LogP contribution in [0.4, 0.5) is 14.5 Å². The maximum Gasteiger partial charge on any atom is 0.126 e. The van der Waals surface area contributed by atoms with E-state index in [2.05, 4.69) is 16.1 Å². The van der Waals surface area contributed by atoms with E-state index in [4.69, 9.17) is 0 Å². The Hall–Kier alpha value is -2.97. The zero-order valence-electron chi connectivity index (χ0n) is 14.8. The fourth-order valence-electron chi connectivity index (χ4n) is 3.77. The lowest BCUT2D eigenvalue weighted by Crippen LogP contribution is -2.47. The topological polar surface area (TPSA) is 30.3 Å². The van der Waals surface area contributed by atoms with Crippen molar-refractivity contribution in [2.75, 3.05) is 18.1 Å². The summed E-state index contributed by atoms with van der Waals surface area (Å²) in [6, 6.07) is 17.6. The molecule has 3 nitrogen and oxygen atoms in total. The summed E-state index contributed by atoms with van der Waals surface area (Å²) in [6.07, 6.45) is 2.07. The molecule has 0 aliphatic carbocycles. The van der Waals surface area contributed by atoms with Gasteiger partial charge in [-0.2, -0.15) is 5.26 Å². The van der Waals surface area contributed by atoms with Gasteiger partial charge in [0, 0.05) is 36.5 Å². The normalized spacial score (nSPS) is 15.1. The van der Waals surface area contributed by atoms with Crippen LogP contribution < -0.4 is 5.01 Å². The van der Waals surface area contributed by atoms with Crippen molar-refractivity contribution in [1.82, 2.24) is 5.01 Å². The van der Waals surface area contributed by atoms with E-state index < -0.39 is 11.6 Å². The zero-order valence-corrected chi connectivity index (χ0v) is 14.8. The number of hydrazine groups is 1. The first-order valence-corrected chi connectivity index (χ1v) is 9.05. The van der Waals surface area contributed by atoms with Crippen molar-refractivity contribution in [2.45, 2.75) is 19.4 Å². The van der Waals surface area contributed by atoms with Gasteiger partial charge in [0.15, 0.2) is 0 Å². The van der Waals surface area contributed by atoms with E-state index in [0.29, 0.717) is 17.7 Å². The van der Waals surface area contributed by atoms with E-state index in [9.17, 15) is 14.0 Å². The third-order valence-electron chi connectivity index (χ3n) is 4.96. The molecular formula is C22H19F2N3. The number of halogens is 2. The molecule has 1 aliphatic rings. The van der Waals surface area contributed by atoms with Crippen molar-refractivity contribution >= 4 is 16.5 Å². The molecule has 0 bridgehead atoms. The van der Waals surface area contributed by atoms with Crippen LogP contribution in [0.5, 0.6) is 0 Å². The molecule has 1 aliphatic heterocycles. The highest BCUT2D eigenvalue weighted by Gasteiger charge is 2.23. The summed E-state index contributed by atoms with van der Waals surface area (Å²) >= 11 is 0. The number of fused-ring (bicyclic) bond motifs is 1. The molecule has 5 heteroatoms. The van der Waals surface area contributed by atoms with E-state index in [1.165, 1.54) is 12.1 Å². The second kappa shape index (κ2) is 7.34. The Bertz CT molecular complexity index is 1010. The monoisotopic (exact) mass is 363 g/mol. The van der Waals surface area contributed by atoms with E-state index in [-0.39, 0.29) is 0 Å². The van der Waals surface area contributed by atoms with Crippen LogP contribution in [0.1, 0.15) is 24.0 Å². The van der Waals surface area contributed by atoms with Crippen molar-refractivity contribution in [2.24, 2.45) is 0 Å². The maximum atomic E-state index is 13.6. The van der Waals surface area contributed by atoms with Gasteiger partial charge in [0.1, 0.15) is 11.6 Å². The van der Waals surface area contributed by atoms with Crippen molar-refractivity contribution in [3.05, 3.63) is 77.4 Å². The minimum atomic E-state index is -0.558. The summed E-state index contributed by atoms with van der Waals surface area (Å²) in [6.45, 7) is 2.07. The van der Waals surface area contributed by atoms with E-state index >= 15 is 0 Å². The van der Waals surface area contributed by atoms with E-state index in [0.717, 1.165) is 48.5 Å². The lowest BCUT2D eigenvalue weighted by atomic mass is 10.0. The minimum absolute atomic E-state index is 0.434. The zero-order chi connectivity index (χ0) is 18.8. The Morgan fingerprint density at radius 3 is 2.33 bits per heavy atom. The van der Waals surface area contributed by atoms with Crippen LogP contribution in [0, 0.1) is 23.0 Å². The third kappa shape index (κ3) is 3.49. The molecule has 3 aromatic rings. The van der Waals surface area contributed by atoms with Gasteiger partial charge in [-0.15, -0.1) is 0 Å². The number of nitrogens with zero attached hydrogens (tertiary/aromatic N) is 3. The number of rotatable bonds is 3. The van der Waals surface area contributed by atoms with Gasteiger partial charge in [0.25, 0.3) is 0 Å². The summed E-state index contributed by atoms with van der Waals surface area (Å²) in [7, 11) is 0. The number of benzene rings is 3. The fraction of sp³-hybridized carbons (Fsp3) is 0.227. The van der Waals surface area contributed by atoms with Crippen LogP contribution in [-0.2, 0) is 6.54 Å². The van der Waals surface area contributed by atoms with E-state index in [1.807, 2.05) is 36.4 Å². The third-order valence-corrected chi connectivity index (χ3v) is 4.96. The van der Waals surface area contributed by atoms with Crippen molar-refractivity contribution in [1.29, 1.82) is 5.26 Å². The molecule has 0 saturated carbocycles. The molecule has 4 rings (SSSR count). The Labute approximate surface area is 157 Å². The predicted molar refractivity (Wildman–Crippen MR) is 102 cm³/mol. The van der Waals surface area contributed by atoms with Gasteiger partial charge in [-0.1, -0.05) is 24.3 Å². The molecule has 0 amide bonds. The molecule has 27 heavy (non-hydrogen) atoms. The lowest BCUT2D eigenvalue weighted by Gasteiger charge is -2.41. The summed E-state index contributed by atoms with van der Waals surface area (Å²) in [4.78, 5) is 0. The Balaban J connectivity index is 1.73. The predicted octanol–water partition coefficient (Wildman–Crippen LogP) is 5.01. The van der Waals surface area contributed by atoms with Gasteiger partial charge in [-0.05, 0) is 42.7 Å². The summed E-state index contributed by atoms with van der Waals surface area (Å²) < 4.78 is 27.2. The second-order valence-electron chi connectivity index (χ2n) is 6.79. The quantitative estimate of drug-likeness (QED) is 0.655. The minimum Gasteiger partial charge on any atom is -0.305 e. The first-order valence-electron chi connectivity index (χ1n) is 9.05. The first kappa shape index (κ1) is 17.4. The highest BCUT2D eigenvalue weighted by atomic mass is 19.1. The maximum absolute atomic E-state index is 13.6.